The van der Waals surface area contributed by atoms with E-state index in [9.17, 15) is 13.2 Å². The monoisotopic (exact) mass is 284 g/mol. The summed E-state index contributed by atoms with van der Waals surface area (Å²) in [6, 6.07) is 5.61. The molecule has 1 aromatic rings. The van der Waals surface area contributed by atoms with E-state index in [0.717, 1.165) is 11.1 Å². The lowest BCUT2D eigenvalue weighted by molar-refractivity contribution is -0.145. The van der Waals surface area contributed by atoms with Gasteiger partial charge in [0, 0.05) is 0 Å². The number of carboxylic acid groups (broad SMARTS) is 1. The molecule has 0 aromatic heterocycles. The van der Waals surface area contributed by atoms with Crippen molar-refractivity contribution in [2.75, 3.05) is 5.75 Å². The first-order valence-electron chi connectivity index (χ1n) is 6.03. The molecule has 0 saturated heterocycles. The highest BCUT2D eigenvalue weighted by atomic mass is 32.2. The fraction of sp³-hybridized carbons (Fsp3) is 0.500. The van der Waals surface area contributed by atoms with Gasteiger partial charge >= 0.3 is 5.97 Å². The standard InChI is InChI=1S/C14H20O4S/c1-10-5-11(2)7-12(6-10)8-19(17,18)9-14(3,4)13(15)16/h5-7H,8-9H2,1-4H3,(H,15,16). The molecule has 0 bridgehead atoms. The van der Waals surface area contributed by atoms with Gasteiger partial charge in [-0.15, -0.1) is 0 Å². The second-order valence-corrected chi connectivity index (χ2v) is 7.78. The maximum absolute atomic E-state index is 12.1. The second-order valence-electron chi connectivity index (χ2n) is 5.72. The van der Waals surface area contributed by atoms with Gasteiger partial charge in [-0.25, -0.2) is 8.42 Å². The van der Waals surface area contributed by atoms with Crippen molar-refractivity contribution >= 4 is 15.8 Å². The first-order chi connectivity index (χ1) is 8.52. The van der Waals surface area contributed by atoms with Gasteiger partial charge in [-0.1, -0.05) is 29.3 Å². The van der Waals surface area contributed by atoms with E-state index in [2.05, 4.69) is 0 Å². The van der Waals surface area contributed by atoms with Gasteiger partial charge in [-0.05, 0) is 33.3 Å². The summed E-state index contributed by atoms with van der Waals surface area (Å²) in [5, 5.41) is 8.99. The van der Waals surface area contributed by atoms with E-state index in [1.54, 1.807) is 0 Å². The zero-order valence-electron chi connectivity index (χ0n) is 11.7. The number of benzene rings is 1. The Balaban J connectivity index is 2.94. The van der Waals surface area contributed by atoms with Crippen molar-refractivity contribution in [1.82, 2.24) is 0 Å². The number of carboxylic acids is 1. The summed E-state index contributed by atoms with van der Waals surface area (Å²) in [5.41, 5.74) is 1.45. The van der Waals surface area contributed by atoms with Crippen LogP contribution in [0.5, 0.6) is 0 Å². The third kappa shape index (κ3) is 4.67. The SMILES string of the molecule is Cc1cc(C)cc(CS(=O)(=O)CC(C)(C)C(=O)O)c1. The first-order valence-corrected chi connectivity index (χ1v) is 7.85. The van der Waals surface area contributed by atoms with Crippen LogP contribution in [0.3, 0.4) is 0 Å². The van der Waals surface area contributed by atoms with Crippen LogP contribution >= 0.6 is 0 Å². The lowest BCUT2D eigenvalue weighted by Crippen LogP contribution is -2.32. The molecule has 5 heteroatoms. The van der Waals surface area contributed by atoms with Gasteiger partial charge in [-0.3, -0.25) is 4.79 Å². The number of aliphatic carboxylic acids is 1. The third-order valence-corrected chi connectivity index (χ3v) is 4.76. The zero-order valence-corrected chi connectivity index (χ0v) is 12.5. The normalized spacial score (nSPS) is 12.4. The van der Waals surface area contributed by atoms with Gasteiger partial charge in [-0.2, -0.15) is 0 Å². The van der Waals surface area contributed by atoms with Crippen LogP contribution in [0.15, 0.2) is 18.2 Å². The Morgan fingerprint density at radius 2 is 1.63 bits per heavy atom. The lowest BCUT2D eigenvalue weighted by atomic mass is 9.97. The molecule has 0 radical (unpaired) electrons. The van der Waals surface area contributed by atoms with Crippen molar-refractivity contribution in [3.05, 3.63) is 34.9 Å². The van der Waals surface area contributed by atoms with E-state index in [4.69, 9.17) is 5.11 Å². The van der Waals surface area contributed by atoms with Gasteiger partial charge in [0.1, 0.15) is 0 Å². The van der Waals surface area contributed by atoms with Crippen LogP contribution in [0.1, 0.15) is 30.5 Å². The molecule has 1 N–H and O–H groups in total. The van der Waals surface area contributed by atoms with Crippen LogP contribution in [0.4, 0.5) is 0 Å². The summed E-state index contributed by atoms with van der Waals surface area (Å²) in [7, 11) is -3.45. The van der Waals surface area contributed by atoms with Crippen molar-refractivity contribution in [3.8, 4) is 0 Å². The summed E-state index contributed by atoms with van der Waals surface area (Å²) in [6.45, 7) is 6.66. The Hall–Kier alpha value is -1.36. The van der Waals surface area contributed by atoms with E-state index in [1.165, 1.54) is 13.8 Å². The van der Waals surface area contributed by atoms with E-state index in [1.807, 2.05) is 32.0 Å². The molecular weight excluding hydrogens is 264 g/mol. The average Bonchev–Trinajstić information content (AvgIpc) is 2.11. The highest BCUT2D eigenvalue weighted by molar-refractivity contribution is 7.90. The van der Waals surface area contributed by atoms with Gasteiger partial charge in [0.05, 0.1) is 16.9 Å². The molecule has 0 atom stereocenters. The summed E-state index contributed by atoms with van der Waals surface area (Å²) in [5.74, 6) is -1.58. The first kappa shape index (κ1) is 15.7. The van der Waals surface area contributed by atoms with Gasteiger partial charge in [0.2, 0.25) is 0 Å². The Bertz CT molecular complexity index is 565. The van der Waals surface area contributed by atoms with Gasteiger partial charge in [0.15, 0.2) is 9.84 Å². The van der Waals surface area contributed by atoms with E-state index < -0.39 is 21.2 Å². The van der Waals surface area contributed by atoms with Crippen LogP contribution in [0.25, 0.3) is 0 Å². The topological polar surface area (TPSA) is 71.4 Å². The molecular formula is C14H20O4S. The molecule has 0 aliphatic rings. The third-order valence-electron chi connectivity index (χ3n) is 2.83. The molecule has 0 saturated carbocycles. The number of hydrogen-bond acceptors (Lipinski definition) is 3. The van der Waals surface area contributed by atoms with Crippen molar-refractivity contribution in [1.29, 1.82) is 0 Å². The van der Waals surface area contributed by atoms with Crippen LogP contribution in [0.2, 0.25) is 0 Å². The van der Waals surface area contributed by atoms with Crippen LogP contribution in [-0.4, -0.2) is 25.2 Å². The van der Waals surface area contributed by atoms with Crippen molar-refractivity contribution < 1.29 is 18.3 Å². The van der Waals surface area contributed by atoms with Crippen molar-refractivity contribution in [3.63, 3.8) is 0 Å². The fourth-order valence-electron chi connectivity index (χ4n) is 2.07. The molecule has 0 heterocycles. The summed E-state index contributed by atoms with van der Waals surface area (Å²) < 4.78 is 24.2. The minimum atomic E-state index is -3.45. The van der Waals surface area contributed by atoms with Crippen LogP contribution in [-0.2, 0) is 20.4 Å². The summed E-state index contributed by atoms with van der Waals surface area (Å²) in [6.07, 6.45) is 0. The molecule has 106 valence electrons. The second kappa shape index (κ2) is 5.33. The number of sulfone groups is 1. The Morgan fingerprint density at radius 3 is 2.05 bits per heavy atom. The van der Waals surface area contributed by atoms with Crippen molar-refractivity contribution in [2.45, 2.75) is 33.4 Å². The quantitative estimate of drug-likeness (QED) is 0.900. The smallest absolute Gasteiger partial charge is 0.310 e. The van der Waals surface area contributed by atoms with E-state index in [0.29, 0.717) is 5.56 Å². The Labute approximate surface area is 114 Å². The van der Waals surface area contributed by atoms with Crippen molar-refractivity contribution in [2.24, 2.45) is 5.41 Å². The predicted molar refractivity (Wildman–Crippen MR) is 74.8 cm³/mol. The summed E-state index contributed by atoms with van der Waals surface area (Å²) in [4.78, 5) is 11.0. The highest BCUT2D eigenvalue weighted by Crippen LogP contribution is 2.21. The number of carbonyl (C=O) groups is 1. The average molecular weight is 284 g/mol. The zero-order chi connectivity index (χ0) is 14.8. The predicted octanol–water partition coefficient (Wildman–Crippen LogP) is 2.33. The molecule has 0 unspecified atom stereocenters. The molecule has 0 aliphatic carbocycles. The maximum atomic E-state index is 12.1. The lowest BCUT2D eigenvalue weighted by Gasteiger charge is -2.19. The van der Waals surface area contributed by atoms with Crippen LogP contribution < -0.4 is 0 Å². The van der Waals surface area contributed by atoms with Gasteiger partial charge in [0.25, 0.3) is 0 Å². The molecule has 0 aliphatic heterocycles. The largest absolute Gasteiger partial charge is 0.481 e. The summed E-state index contributed by atoms with van der Waals surface area (Å²) >= 11 is 0. The molecule has 1 rings (SSSR count). The Kier molecular flexibility index (Phi) is 4.40. The van der Waals surface area contributed by atoms with E-state index >= 15 is 0 Å². The Morgan fingerprint density at radius 1 is 1.16 bits per heavy atom. The molecule has 0 spiro atoms. The minimum absolute atomic E-state index is 0.119. The minimum Gasteiger partial charge on any atom is -0.481 e. The molecule has 0 amide bonds. The van der Waals surface area contributed by atoms with Crippen LogP contribution in [0, 0.1) is 19.3 Å². The number of hydrogen-bond donors (Lipinski definition) is 1. The molecule has 0 fully saturated rings. The number of aryl methyl sites for hydroxylation is 2. The van der Waals surface area contributed by atoms with Gasteiger partial charge < -0.3 is 5.11 Å². The fourth-order valence-corrected chi connectivity index (χ4v) is 4.07. The molecule has 19 heavy (non-hydrogen) atoms. The highest BCUT2D eigenvalue weighted by Gasteiger charge is 2.33. The number of rotatable bonds is 5. The molecule has 1 aromatic carbocycles. The maximum Gasteiger partial charge on any atom is 0.310 e. The molecule has 4 nitrogen and oxygen atoms in total. The van der Waals surface area contributed by atoms with E-state index in [-0.39, 0.29) is 11.5 Å².